The number of phenolic OH excluding ortho intramolecular Hbond substituents is 1. The van der Waals surface area contributed by atoms with E-state index in [9.17, 15) is 35.1 Å². The van der Waals surface area contributed by atoms with Gasteiger partial charge in [0.15, 0.2) is 5.78 Å². The van der Waals surface area contributed by atoms with Crippen LogP contribution in [0.25, 0.3) is 0 Å². The fourth-order valence-corrected chi connectivity index (χ4v) is 5.99. The van der Waals surface area contributed by atoms with Crippen LogP contribution in [-0.2, 0) is 11.3 Å². The number of benzene rings is 2. The molecule has 9 N–H and O–H groups in total. The molecule has 13 heteroatoms. The lowest BCUT2D eigenvalue weighted by Crippen LogP contribution is -2.67. The van der Waals surface area contributed by atoms with E-state index in [1.807, 2.05) is 6.08 Å². The number of allylic oxidation sites excluding steroid dienone is 2. The number of nitrogens with two attached hydrogens (primary N) is 1. The predicted molar refractivity (Wildman–Crippen MR) is 156 cm³/mol. The molecule has 0 radical (unpaired) electrons. The van der Waals surface area contributed by atoms with Gasteiger partial charge in [-0.1, -0.05) is 6.08 Å². The molecule has 2 aromatic rings. The van der Waals surface area contributed by atoms with Crippen molar-refractivity contribution in [2.45, 2.75) is 56.5 Å². The fourth-order valence-electron chi connectivity index (χ4n) is 5.99. The first-order valence-corrected chi connectivity index (χ1v) is 14.2. The monoisotopic (exact) mass is 611 g/mol. The molecule has 2 heterocycles. The lowest BCUT2D eigenvalue weighted by Gasteiger charge is -2.48. The van der Waals surface area contributed by atoms with E-state index in [0.717, 1.165) is 5.57 Å². The Labute approximate surface area is 253 Å². The van der Waals surface area contributed by atoms with Crippen LogP contribution in [0, 0.1) is 6.92 Å². The van der Waals surface area contributed by atoms with E-state index < -0.39 is 48.4 Å². The smallest absolute Gasteiger partial charge is 0.229 e. The summed E-state index contributed by atoms with van der Waals surface area (Å²) in [5.74, 6) is -1.22. The van der Waals surface area contributed by atoms with E-state index in [4.69, 9.17) is 19.9 Å². The Kier molecular flexibility index (Phi) is 8.71. The summed E-state index contributed by atoms with van der Waals surface area (Å²) >= 11 is 0. The number of aryl methyl sites for hydroxylation is 1. The molecular formula is C31H37N3O10. The lowest BCUT2D eigenvalue weighted by molar-refractivity contribution is -0.314. The van der Waals surface area contributed by atoms with Crippen molar-refractivity contribution in [2.75, 3.05) is 27.3 Å². The average Bonchev–Trinajstić information content (AvgIpc) is 3.00. The normalized spacial score (nSPS) is 26.2. The van der Waals surface area contributed by atoms with Crippen molar-refractivity contribution >= 4 is 11.6 Å². The van der Waals surface area contributed by atoms with Crippen molar-refractivity contribution in [3.63, 3.8) is 0 Å². The average molecular weight is 612 g/mol. The summed E-state index contributed by atoms with van der Waals surface area (Å²) in [5.41, 5.74) is 5.16. The Bertz CT molecular complexity index is 1550. The molecule has 1 fully saturated rings. The second kappa shape index (κ2) is 12.2. The van der Waals surface area contributed by atoms with Crippen molar-refractivity contribution < 1.29 is 49.3 Å². The summed E-state index contributed by atoms with van der Waals surface area (Å²) in [7, 11) is 3.04. The van der Waals surface area contributed by atoms with E-state index in [1.54, 1.807) is 26.1 Å². The molecule has 5 rings (SSSR count). The number of hydrogen-bond donors (Lipinski definition) is 8. The number of carbonyl (C=O) groups excluding carboxylic acids is 2. The van der Waals surface area contributed by atoms with Gasteiger partial charge in [-0.2, -0.15) is 0 Å². The molecule has 5 atom stereocenters. The molecular weight excluding hydrogens is 574 g/mol. The van der Waals surface area contributed by atoms with Gasteiger partial charge in [0.2, 0.25) is 12.1 Å². The summed E-state index contributed by atoms with van der Waals surface area (Å²) in [4.78, 5) is 27.6. The SMILES string of the molecule is CNCc1c(C)cc2c(c1O)C(=O)c1c(OC3OC(CO)C(O)(CCC4=CCNC(N)=C4)C(O)C3O)cc(OC)cc1C2=O. The Balaban J connectivity index is 1.48. The second-order valence-electron chi connectivity index (χ2n) is 11.2. The molecule has 0 bridgehead atoms. The number of aliphatic hydroxyl groups is 4. The maximum Gasteiger partial charge on any atom is 0.229 e. The van der Waals surface area contributed by atoms with Crippen LogP contribution in [0.2, 0.25) is 0 Å². The predicted octanol–water partition coefficient (Wildman–Crippen LogP) is -0.137. The Morgan fingerprint density at radius 1 is 1.16 bits per heavy atom. The van der Waals surface area contributed by atoms with Gasteiger partial charge in [-0.25, -0.2) is 0 Å². The molecule has 0 amide bonds. The summed E-state index contributed by atoms with van der Waals surface area (Å²) in [5, 5.41) is 60.7. The number of rotatable bonds is 9. The molecule has 44 heavy (non-hydrogen) atoms. The molecule has 2 aromatic carbocycles. The molecule has 0 saturated carbocycles. The molecule has 13 nitrogen and oxygen atoms in total. The minimum Gasteiger partial charge on any atom is -0.507 e. The number of ketones is 2. The number of nitrogens with one attached hydrogen (secondary N) is 2. The summed E-state index contributed by atoms with van der Waals surface area (Å²) < 4.78 is 17.1. The van der Waals surface area contributed by atoms with Crippen LogP contribution in [0.4, 0.5) is 0 Å². The minimum atomic E-state index is -2.08. The van der Waals surface area contributed by atoms with Gasteiger partial charge < -0.3 is 56.1 Å². The third kappa shape index (κ3) is 5.31. The molecule has 2 aliphatic heterocycles. The molecule has 1 aliphatic carbocycles. The highest BCUT2D eigenvalue weighted by Gasteiger charge is 2.55. The van der Waals surface area contributed by atoms with E-state index >= 15 is 0 Å². The minimum absolute atomic E-state index is 0.0202. The number of carbonyl (C=O) groups is 2. The van der Waals surface area contributed by atoms with Crippen LogP contribution in [0.5, 0.6) is 17.2 Å². The van der Waals surface area contributed by atoms with Crippen LogP contribution in [0.15, 0.2) is 41.7 Å². The highest BCUT2D eigenvalue weighted by Crippen LogP contribution is 2.43. The van der Waals surface area contributed by atoms with E-state index in [-0.39, 0.29) is 58.9 Å². The zero-order chi connectivity index (χ0) is 31.9. The molecule has 5 unspecified atom stereocenters. The molecule has 0 aromatic heterocycles. The summed E-state index contributed by atoms with van der Waals surface area (Å²) in [6, 6.07) is 4.23. The van der Waals surface area contributed by atoms with Crippen molar-refractivity contribution in [1.82, 2.24) is 10.6 Å². The van der Waals surface area contributed by atoms with Gasteiger partial charge in [-0.3, -0.25) is 9.59 Å². The zero-order valence-electron chi connectivity index (χ0n) is 24.6. The molecule has 236 valence electrons. The van der Waals surface area contributed by atoms with Gasteiger partial charge in [0, 0.05) is 35.8 Å². The Hall–Kier alpha value is -3.98. The highest BCUT2D eigenvalue weighted by molar-refractivity contribution is 6.30. The lowest BCUT2D eigenvalue weighted by atomic mass is 9.79. The van der Waals surface area contributed by atoms with Crippen molar-refractivity contribution in [3.8, 4) is 17.2 Å². The van der Waals surface area contributed by atoms with Gasteiger partial charge in [-0.05, 0) is 56.2 Å². The number of hydrogen-bond acceptors (Lipinski definition) is 13. The fraction of sp³-hybridized carbons (Fsp3) is 0.419. The van der Waals surface area contributed by atoms with Gasteiger partial charge >= 0.3 is 0 Å². The first-order valence-electron chi connectivity index (χ1n) is 14.2. The Morgan fingerprint density at radius 3 is 2.55 bits per heavy atom. The van der Waals surface area contributed by atoms with Gasteiger partial charge in [-0.15, -0.1) is 0 Å². The van der Waals surface area contributed by atoms with Crippen molar-refractivity contribution in [1.29, 1.82) is 0 Å². The van der Waals surface area contributed by atoms with Crippen LogP contribution in [0.1, 0.15) is 55.8 Å². The topological polar surface area (TPSA) is 213 Å². The van der Waals surface area contributed by atoms with Gasteiger partial charge in [0.25, 0.3) is 0 Å². The van der Waals surface area contributed by atoms with Crippen molar-refractivity contribution in [3.05, 3.63) is 75.1 Å². The highest BCUT2D eigenvalue weighted by atomic mass is 16.7. The van der Waals surface area contributed by atoms with Crippen LogP contribution < -0.4 is 25.8 Å². The molecule has 0 spiro atoms. The maximum absolute atomic E-state index is 13.9. The number of methoxy groups -OCH3 is 1. The molecule has 3 aliphatic rings. The second-order valence-corrected chi connectivity index (χ2v) is 11.2. The number of ether oxygens (including phenoxy) is 3. The third-order valence-corrected chi connectivity index (χ3v) is 8.44. The van der Waals surface area contributed by atoms with E-state index in [2.05, 4.69) is 10.6 Å². The number of phenols is 1. The Morgan fingerprint density at radius 2 is 1.89 bits per heavy atom. The van der Waals surface area contributed by atoms with E-state index in [1.165, 1.54) is 19.2 Å². The van der Waals surface area contributed by atoms with Gasteiger partial charge in [0.05, 0.1) is 30.7 Å². The first kappa shape index (κ1) is 31.4. The number of aliphatic hydroxyl groups excluding tert-OH is 3. The van der Waals surface area contributed by atoms with Crippen molar-refractivity contribution in [2.24, 2.45) is 5.73 Å². The largest absolute Gasteiger partial charge is 0.507 e. The quantitative estimate of drug-likeness (QED) is 0.158. The maximum atomic E-state index is 13.9. The van der Waals surface area contributed by atoms with Gasteiger partial charge in [0.1, 0.15) is 41.2 Å². The first-order chi connectivity index (χ1) is 20.9. The molecule has 1 saturated heterocycles. The number of aromatic hydroxyl groups is 1. The summed E-state index contributed by atoms with van der Waals surface area (Å²) in [6.07, 6.45) is -3.05. The number of fused-ring (bicyclic) bond motifs is 2. The third-order valence-electron chi connectivity index (χ3n) is 8.44. The van der Waals surface area contributed by atoms with Crippen LogP contribution in [0.3, 0.4) is 0 Å². The van der Waals surface area contributed by atoms with Crippen LogP contribution >= 0.6 is 0 Å². The zero-order valence-corrected chi connectivity index (χ0v) is 24.6. The van der Waals surface area contributed by atoms with Crippen LogP contribution in [-0.4, -0.2) is 94.6 Å². The number of dihydropyridines is 1. The standard InChI is InChI=1S/C31H37N3O10/c1-14-8-17-24(26(37)19(14)12-33-2)27(38)23-18(25(17)36)10-16(42-3)11-20(23)43-30-28(39)29(40)31(41,21(13-35)44-30)6-4-15-5-7-34-22(32)9-15/h5,8-11,21,28-30,33-35,37,39-41H,4,6-7,12-13,32H2,1-3H3. The van der Waals surface area contributed by atoms with E-state index in [0.29, 0.717) is 23.5 Å². The summed E-state index contributed by atoms with van der Waals surface area (Å²) in [6.45, 7) is 1.72.